The van der Waals surface area contributed by atoms with Crippen LogP contribution >= 0.6 is 0 Å². The lowest BCUT2D eigenvalue weighted by molar-refractivity contribution is -0.122. The van der Waals surface area contributed by atoms with E-state index in [4.69, 9.17) is 0 Å². The zero-order chi connectivity index (χ0) is 21.5. The lowest BCUT2D eigenvalue weighted by Crippen LogP contribution is -2.22. The Bertz CT molecular complexity index is 1370. The van der Waals surface area contributed by atoms with Gasteiger partial charge in [0, 0.05) is 51.9 Å². The molecule has 2 aromatic heterocycles. The number of carbonyl (C=O) groups excluding carboxylic acids is 2. The molecule has 3 heterocycles. The molecule has 0 radical (unpaired) electrons. The van der Waals surface area contributed by atoms with Gasteiger partial charge in [-0.3, -0.25) is 14.9 Å². The van der Waals surface area contributed by atoms with Gasteiger partial charge >= 0.3 is 0 Å². The van der Waals surface area contributed by atoms with Gasteiger partial charge in [-0.1, -0.05) is 30.3 Å². The van der Waals surface area contributed by atoms with E-state index in [9.17, 15) is 9.59 Å². The van der Waals surface area contributed by atoms with Crippen LogP contribution in [0, 0.1) is 6.92 Å². The molecule has 0 bridgehead atoms. The van der Waals surface area contributed by atoms with Crippen molar-refractivity contribution in [1.82, 2.24) is 20.2 Å². The number of aromatic nitrogens is 2. The quantitative estimate of drug-likeness (QED) is 0.334. The number of aryl methyl sites for hydroxylation is 2. The Kier molecular flexibility index (Phi) is 4.71. The van der Waals surface area contributed by atoms with Gasteiger partial charge in [0.2, 0.25) is 0 Å². The zero-order valence-electron chi connectivity index (χ0n) is 17.6. The summed E-state index contributed by atoms with van der Waals surface area (Å²) in [5.74, 6) is -0.701. The molecule has 156 valence electrons. The maximum atomic E-state index is 13.0. The number of amides is 2. The highest BCUT2D eigenvalue weighted by molar-refractivity contribution is 6.50. The molecule has 6 nitrogen and oxygen atoms in total. The van der Waals surface area contributed by atoms with Gasteiger partial charge in [-0.15, -0.1) is 0 Å². The van der Waals surface area contributed by atoms with Crippen molar-refractivity contribution >= 4 is 44.8 Å². The third kappa shape index (κ3) is 3.16. The first kappa shape index (κ1) is 19.3. The Hall–Kier alpha value is -3.64. The van der Waals surface area contributed by atoms with E-state index in [1.165, 1.54) is 0 Å². The van der Waals surface area contributed by atoms with Crippen molar-refractivity contribution in [2.45, 2.75) is 19.9 Å². The molecule has 6 heteroatoms. The van der Waals surface area contributed by atoms with E-state index in [-0.39, 0.29) is 11.8 Å². The summed E-state index contributed by atoms with van der Waals surface area (Å²) in [6.07, 6.45) is 4.80. The molecule has 4 aromatic rings. The molecule has 0 unspecified atom stereocenters. The maximum Gasteiger partial charge on any atom is 0.259 e. The van der Waals surface area contributed by atoms with Crippen LogP contribution in [0.3, 0.4) is 0 Å². The average Bonchev–Trinajstić information content (AvgIpc) is 3.41. The summed E-state index contributed by atoms with van der Waals surface area (Å²) >= 11 is 0. The maximum absolute atomic E-state index is 13.0. The third-order valence-electron chi connectivity index (χ3n) is 5.92. The van der Waals surface area contributed by atoms with Crippen LogP contribution in [0.1, 0.15) is 23.1 Å². The summed E-state index contributed by atoms with van der Waals surface area (Å²) in [7, 11) is 1.94. The van der Waals surface area contributed by atoms with Gasteiger partial charge < -0.3 is 14.9 Å². The van der Waals surface area contributed by atoms with E-state index < -0.39 is 0 Å². The number of nitrogens with one attached hydrogen (secondary N) is 3. The number of H-pyrrole nitrogens is 1. The van der Waals surface area contributed by atoms with Crippen LogP contribution in [-0.4, -0.2) is 35.0 Å². The van der Waals surface area contributed by atoms with Gasteiger partial charge in [-0.25, -0.2) is 0 Å². The minimum absolute atomic E-state index is 0.347. The topological polar surface area (TPSA) is 78.9 Å². The number of nitrogens with zero attached hydrogens (tertiary/aromatic N) is 1. The minimum atomic E-state index is -0.354. The second-order valence-electron chi connectivity index (χ2n) is 8.00. The number of aromatic amines is 1. The van der Waals surface area contributed by atoms with E-state index in [0.29, 0.717) is 11.1 Å². The number of hydrogen-bond acceptors (Lipinski definition) is 3. The number of benzene rings is 2. The lowest BCUT2D eigenvalue weighted by Gasteiger charge is -2.05. The van der Waals surface area contributed by atoms with Crippen LogP contribution in [-0.2, 0) is 16.1 Å². The molecule has 0 saturated heterocycles. The van der Waals surface area contributed by atoms with Crippen molar-refractivity contribution in [3.63, 3.8) is 0 Å². The fourth-order valence-electron chi connectivity index (χ4n) is 4.46. The molecule has 5 rings (SSSR count). The molecule has 0 atom stereocenters. The van der Waals surface area contributed by atoms with E-state index >= 15 is 0 Å². The summed E-state index contributed by atoms with van der Waals surface area (Å²) in [6, 6.07) is 14.0. The first-order chi connectivity index (χ1) is 15.1. The van der Waals surface area contributed by atoms with Gasteiger partial charge in [0.15, 0.2) is 0 Å². The summed E-state index contributed by atoms with van der Waals surface area (Å²) in [6.45, 7) is 3.79. The highest BCUT2D eigenvalue weighted by Gasteiger charge is 2.35. The Morgan fingerprint density at radius 1 is 0.968 bits per heavy atom. The van der Waals surface area contributed by atoms with E-state index in [1.807, 2.05) is 55.8 Å². The highest BCUT2D eigenvalue weighted by Crippen LogP contribution is 2.38. The largest absolute Gasteiger partial charge is 0.361 e. The van der Waals surface area contributed by atoms with Crippen molar-refractivity contribution in [2.24, 2.45) is 0 Å². The molecule has 2 aromatic carbocycles. The van der Waals surface area contributed by atoms with Gasteiger partial charge in [-0.2, -0.15) is 0 Å². The lowest BCUT2D eigenvalue weighted by atomic mass is 9.95. The molecule has 0 aliphatic carbocycles. The first-order valence-electron chi connectivity index (χ1n) is 10.5. The second kappa shape index (κ2) is 7.56. The number of carbonyl (C=O) groups is 2. The van der Waals surface area contributed by atoms with Crippen LogP contribution in [0.2, 0.25) is 0 Å². The number of imide groups is 1. The SMILES string of the molecule is CNCCCn1cc(C2=C(c3c[nH]c4ccccc34)C(=O)NC2=O)c2ccc(C)cc21. The molecule has 1 aliphatic heterocycles. The Labute approximate surface area is 179 Å². The van der Waals surface area contributed by atoms with E-state index in [0.717, 1.165) is 58.0 Å². The second-order valence-corrected chi connectivity index (χ2v) is 8.00. The summed E-state index contributed by atoms with van der Waals surface area (Å²) in [5.41, 5.74) is 5.57. The molecule has 2 amide bonds. The summed E-state index contributed by atoms with van der Waals surface area (Å²) < 4.78 is 2.19. The molecule has 0 saturated carbocycles. The highest BCUT2D eigenvalue weighted by atomic mass is 16.2. The van der Waals surface area contributed by atoms with E-state index in [2.05, 4.69) is 33.2 Å². The number of rotatable bonds is 6. The summed E-state index contributed by atoms with van der Waals surface area (Å²) in [5, 5.41) is 7.60. The van der Waals surface area contributed by atoms with Gasteiger partial charge in [0.1, 0.15) is 0 Å². The predicted molar refractivity (Wildman–Crippen MR) is 123 cm³/mol. The Morgan fingerprint density at radius 2 is 1.74 bits per heavy atom. The molecule has 0 spiro atoms. The average molecular weight is 412 g/mol. The number of para-hydroxylation sites is 1. The van der Waals surface area contributed by atoms with Crippen LogP contribution in [0.5, 0.6) is 0 Å². The van der Waals surface area contributed by atoms with Crippen molar-refractivity contribution in [2.75, 3.05) is 13.6 Å². The third-order valence-corrected chi connectivity index (χ3v) is 5.92. The van der Waals surface area contributed by atoms with E-state index in [1.54, 1.807) is 0 Å². The Balaban J connectivity index is 1.75. The van der Waals surface area contributed by atoms with Gasteiger partial charge in [-0.05, 0) is 44.6 Å². The Morgan fingerprint density at radius 3 is 2.55 bits per heavy atom. The normalized spacial score (nSPS) is 14.3. The molecule has 31 heavy (non-hydrogen) atoms. The van der Waals surface area contributed by atoms with Crippen LogP contribution in [0.15, 0.2) is 54.9 Å². The van der Waals surface area contributed by atoms with Gasteiger partial charge in [0.05, 0.1) is 11.1 Å². The van der Waals surface area contributed by atoms with Crippen molar-refractivity contribution in [1.29, 1.82) is 0 Å². The number of fused-ring (bicyclic) bond motifs is 2. The first-order valence-corrected chi connectivity index (χ1v) is 10.5. The van der Waals surface area contributed by atoms with Crippen LogP contribution in [0.25, 0.3) is 33.0 Å². The van der Waals surface area contributed by atoms with Crippen molar-refractivity contribution in [3.05, 3.63) is 71.5 Å². The summed E-state index contributed by atoms with van der Waals surface area (Å²) in [4.78, 5) is 29.1. The standard InChI is InChI=1S/C25H24N4O2/c1-15-8-9-17-19(14-29(21(17)12-15)11-5-10-26-2)23-22(24(30)28-25(23)31)18-13-27-20-7-4-3-6-16(18)20/h3-4,6-9,12-14,26-27H,5,10-11H2,1-2H3,(H,28,30,31). The monoisotopic (exact) mass is 412 g/mol. The number of hydrogen-bond donors (Lipinski definition) is 3. The molecular formula is C25H24N4O2. The molecule has 1 aliphatic rings. The predicted octanol–water partition coefficient (Wildman–Crippen LogP) is 3.61. The molecule has 3 N–H and O–H groups in total. The fraction of sp³-hybridized carbons (Fsp3) is 0.200. The van der Waals surface area contributed by atoms with Crippen molar-refractivity contribution in [3.8, 4) is 0 Å². The minimum Gasteiger partial charge on any atom is -0.361 e. The zero-order valence-corrected chi connectivity index (χ0v) is 17.6. The van der Waals surface area contributed by atoms with Crippen molar-refractivity contribution < 1.29 is 9.59 Å². The molecule has 0 fully saturated rings. The fourth-order valence-corrected chi connectivity index (χ4v) is 4.46. The van der Waals surface area contributed by atoms with Crippen LogP contribution < -0.4 is 10.6 Å². The smallest absolute Gasteiger partial charge is 0.259 e. The molecular weight excluding hydrogens is 388 g/mol. The van der Waals surface area contributed by atoms with Gasteiger partial charge in [0.25, 0.3) is 11.8 Å². The van der Waals surface area contributed by atoms with Crippen LogP contribution in [0.4, 0.5) is 0 Å².